The zero-order chi connectivity index (χ0) is 18.3. The molecule has 0 bridgehead atoms. The molecule has 0 spiro atoms. The number of halogens is 1. The van der Waals surface area contributed by atoms with E-state index < -0.39 is 6.04 Å². The Labute approximate surface area is 153 Å². The van der Waals surface area contributed by atoms with Gasteiger partial charge in [-0.15, -0.1) is 0 Å². The van der Waals surface area contributed by atoms with Crippen molar-refractivity contribution in [3.63, 3.8) is 0 Å². The molecule has 0 fully saturated rings. The van der Waals surface area contributed by atoms with Gasteiger partial charge in [-0.25, -0.2) is 0 Å². The maximum atomic E-state index is 12.6. The van der Waals surface area contributed by atoms with Crippen molar-refractivity contribution >= 4 is 27.7 Å². The van der Waals surface area contributed by atoms with E-state index in [0.29, 0.717) is 11.5 Å². The van der Waals surface area contributed by atoms with Crippen molar-refractivity contribution in [2.45, 2.75) is 59.5 Å². The molecule has 1 aromatic carbocycles. The highest BCUT2D eigenvalue weighted by atomic mass is 79.9. The highest BCUT2D eigenvalue weighted by Crippen LogP contribution is 2.16. The number of hydrogen-bond donors (Lipinski definition) is 2. The Morgan fingerprint density at radius 1 is 1.00 bits per heavy atom. The van der Waals surface area contributed by atoms with Gasteiger partial charge in [0.25, 0.3) is 5.91 Å². The van der Waals surface area contributed by atoms with E-state index in [1.165, 1.54) is 0 Å². The average Bonchev–Trinajstić information content (AvgIpc) is 2.50. The Morgan fingerprint density at radius 3 is 2.17 bits per heavy atom. The first kappa shape index (κ1) is 20.7. The molecule has 2 unspecified atom stereocenters. The summed E-state index contributed by atoms with van der Waals surface area (Å²) >= 11 is 3.37. The first-order valence-corrected chi connectivity index (χ1v) is 9.37. The summed E-state index contributed by atoms with van der Waals surface area (Å²) in [4.78, 5) is 25.0. The van der Waals surface area contributed by atoms with Gasteiger partial charge in [0.1, 0.15) is 6.04 Å². The summed E-state index contributed by atoms with van der Waals surface area (Å²) in [6.07, 6.45) is 2.00. The molecule has 134 valence electrons. The minimum absolute atomic E-state index is 0.00809. The van der Waals surface area contributed by atoms with Crippen molar-refractivity contribution in [1.82, 2.24) is 10.6 Å². The van der Waals surface area contributed by atoms with Crippen LogP contribution < -0.4 is 10.6 Å². The summed E-state index contributed by atoms with van der Waals surface area (Å²) in [6.45, 7) is 10.2. The van der Waals surface area contributed by atoms with E-state index in [9.17, 15) is 9.59 Å². The molecule has 0 aliphatic carbocycles. The second-order valence-corrected chi connectivity index (χ2v) is 7.91. The molecule has 0 heterocycles. The molecule has 0 aromatic heterocycles. The molecule has 2 amide bonds. The van der Waals surface area contributed by atoms with Gasteiger partial charge in [-0.3, -0.25) is 9.59 Å². The second-order valence-electron chi connectivity index (χ2n) is 7.06. The molecule has 24 heavy (non-hydrogen) atoms. The van der Waals surface area contributed by atoms with E-state index in [1.54, 1.807) is 12.1 Å². The topological polar surface area (TPSA) is 58.2 Å². The molecular weight excluding hydrogens is 368 g/mol. The van der Waals surface area contributed by atoms with Crippen molar-refractivity contribution in [2.75, 3.05) is 0 Å². The summed E-state index contributed by atoms with van der Waals surface area (Å²) in [5.41, 5.74) is 0.531. The molecule has 5 heteroatoms. The molecule has 1 rings (SSSR count). The van der Waals surface area contributed by atoms with Crippen LogP contribution in [0.2, 0.25) is 0 Å². The predicted molar refractivity (Wildman–Crippen MR) is 102 cm³/mol. The number of amides is 2. The first-order valence-electron chi connectivity index (χ1n) is 8.58. The lowest BCUT2D eigenvalue weighted by atomic mass is 10.0. The molecule has 2 N–H and O–H groups in total. The van der Waals surface area contributed by atoms with Crippen molar-refractivity contribution in [3.8, 4) is 0 Å². The number of rotatable bonds is 8. The molecule has 0 saturated heterocycles. The number of hydrogen-bond acceptors (Lipinski definition) is 2. The van der Waals surface area contributed by atoms with Crippen LogP contribution >= 0.6 is 15.9 Å². The van der Waals surface area contributed by atoms with Crippen LogP contribution in [0.25, 0.3) is 0 Å². The van der Waals surface area contributed by atoms with Gasteiger partial charge in [0, 0.05) is 10.5 Å². The lowest BCUT2D eigenvalue weighted by Gasteiger charge is -2.24. The molecular formula is C19H29BrN2O2. The molecule has 1 aromatic rings. The molecule has 0 radical (unpaired) electrons. The number of nitrogens with one attached hydrogen (secondary N) is 2. The lowest BCUT2D eigenvalue weighted by molar-refractivity contribution is -0.124. The predicted octanol–water partition coefficient (Wildman–Crippen LogP) is 4.14. The smallest absolute Gasteiger partial charge is 0.253 e. The van der Waals surface area contributed by atoms with Crippen LogP contribution in [0.1, 0.15) is 57.8 Å². The van der Waals surface area contributed by atoms with E-state index >= 15 is 0 Å². The SMILES string of the molecule is CC(C)CCC(C)NC(=O)C(NC(=O)c1ccccc1Br)C(C)C. The number of benzene rings is 1. The minimum Gasteiger partial charge on any atom is -0.352 e. The van der Waals surface area contributed by atoms with Gasteiger partial charge in [-0.1, -0.05) is 39.8 Å². The van der Waals surface area contributed by atoms with Crippen molar-refractivity contribution in [2.24, 2.45) is 11.8 Å². The highest BCUT2D eigenvalue weighted by molar-refractivity contribution is 9.10. The van der Waals surface area contributed by atoms with Crippen molar-refractivity contribution in [3.05, 3.63) is 34.3 Å². The second kappa shape index (κ2) is 9.82. The van der Waals surface area contributed by atoms with E-state index in [1.807, 2.05) is 32.9 Å². The number of carbonyl (C=O) groups excluding carboxylic acids is 2. The standard InChI is InChI=1S/C19H29BrN2O2/c1-12(2)10-11-14(5)21-19(24)17(13(3)4)22-18(23)15-8-6-7-9-16(15)20/h6-9,12-14,17H,10-11H2,1-5H3,(H,21,24)(H,22,23). The zero-order valence-electron chi connectivity index (χ0n) is 15.2. The molecule has 0 aliphatic heterocycles. The van der Waals surface area contributed by atoms with Crippen LogP contribution in [0.15, 0.2) is 28.7 Å². The van der Waals surface area contributed by atoms with Crippen LogP contribution in [-0.4, -0.2) is 23.9 Å². The monoisotopic (exact) mass is 396 g/mol. The van der Waals surface area contributed by atoms with E-state index in [-0.39, 0.29) is 23.8 Å². The van der Waals surface area contributed by atoms with Gasteiger partial charge in [-0.2, -0.15) is 0 Å². The van der Waals surface area contributed by atoms with Crippen molar-refractivity contribution < 1.29 is 9.59 Å². The summed E-state index contributed by atoms with van der Waals surface area (Å²) in [5, 5.41) is 5.89. The summed E-state index contributed by atoms with van der Waals surface area (Å²) in [7, 11) is 0. The Morgan fingerprint density at radius 2 is 1.62 bits per heavy atom. The Bertz CT molecular complexity index is 558. The Balaban J connectivity index is 2.71. The van der Waals surface area contributed by atoms with Crippen LogP contribution in [0, 0.1) is 11.8 Å². The Kier molecular flexibility index (Phi) is 8.46. The third kappa shape index (κ3) is 6.63. The fraction of sp³-hybridized carbons (Fsp3) is 0.579. The van der Waals surface area contributed by atoms with Gasteiger partial charge in [-0.05, 0) is 59.7 Å². The lowest BCUT2D eigenvalue weighted by Crippen LogP contribution is -2.51. The fourth-order valence-electron chi connectivity index (χ4n) is 2.39. The van der Waals surface area contributed by atoms with Crippen molar-refractivity contribution in [1.29, 1.82) is 0 Å². The maximum Gasteiger partial charge on any atom is 0.253 e. The third-order valence-electron chi connectivity index (χ3n) is 3.92. The average molecular weight is 397 g/mol. The van der Waals surface area contributed by atoms with Crippen LogP contribution in [0.3, 0.4) is 0 Å². The highest BCUT2D eigenvalue weighted by Gasteiger charge is 2.26. The molecule has 0 aliphatic rings. The van der Waals surface area contributed by atoms with Gasteiger partial charge in [0.2, 0.25) is 5.91 Å². The van der Waals surface area contributed by atoms with Crippen LogP contribution in [-0.2, 0) is 4.79 Å². The van der Waals surface area contributed by atoms with Gasteiger partial charge in [0.15, 0.2) is 0 Å². The van der Waals surface area contributed by atoms with E-state index in [4.69, 9.17) is 0 Å². The number of carbonyl (C=O) groups is 2. The normalized spacial score (nSPS) is 13.7. The fourth-order valence-corrected chi connectivity index (χ4v) is 2.85. The van der Waals surface area contributed by atoms with Gasteiger partial charge >= 0.3 is 0 Å². The summed E-state index contributed by atoms with van der Waals surface area (Å²) < 4.78 is 0.718. The summed E-state index contributed by atoms with van der Waals surface area (Å²) in [5.74, 6) is 0.252. The van der Waals surface area contributed by atoms with Crippen LogP contribution in [0.5, 0.6) is 0 Å². The van der Waals surface area contributed by atoms with E-state index in [0.717, 1.165) is 17.3 Å². The molecule has 4 nitrogen and oxygen atoms in total. The Hall–Kier alpha value is -1.36. The maximum absolute atomic E-state index is 12.6. The minimum atomic E-state index is -0.550. The first-order chi connectivity index (χ1) is 11.2. The van der Waals surface area contributed by atoms with Gasteiger partial charge < -0.3 is 10.6 Å². The largest absolute Gasteiger partial charge is 0.352 e. The quantitative estimate of drug-likeness (QED) is 0.693. The zero-order valence-corrected chi connectivity index (χ0v) is 16.8. The van der Waals surface area contributed by atoms with E-state index in [2.05, 4.69) is 40.4 Å². The van der Waals surface area contributed by atoms with Gasteiger partial charge in [0.05, 0.1) is 5.56 Å². The van der Waals surface area contributed by atoms with Crippen LogP contribution in [0.4, 0.5) is 0 Å². The molecule has 0 saturated carbocycles. The summed E-state index contributed by atoms with van der Waals surface area (Å²) in [6, 6.07) is 6.75. The molecule has 2 atom stereocenters. The third-order valence-corrected chi connectivity index (χ3v) is 4.61.